The van der Waals surface area contributed by atoms with E-state index in [4.69, 9.17) is 0 Å². The van der Waals surface area contributed by atoms with E-state index in [9.17, 15) is 22.8 Å². The fourth-order valence-corrected chi connectivity index (χ4v) is 3.82. The number of nitrogens with zero attached hydrogens (tertiary/aromatic N) is 2. The van der Waals surface area contributed by atoms with Crippen molar-refractivity contribution in [3.8, 4) is 11.1 Å². The van der Waals surface area contributed by atoms with E-state index in [1.807, 2.05) is 0 Å². The first-order valence-electron chi connectivity index (χ1n) is 10.0. The van der Waals surface area contributed by atoms with Crippen LogP contribution < -0.4 is 10.2 Å². The minimum Gasteiger partial charge on any atom is -0.325 e. The molecule has 1 aliphatic heterocycles. The second-order valence-corrected chi connectivity index (χ2v) is 7.69. The van der Waals surface area contributed by atoms with Crippen molar-refractivity contribution in [3.63, 3.8) is 0 Å². The molecule has 0 unspecified atom stereocenters. The summed E-state index contributed by atoms with van der Waals surface area (Å²) in [5.74, 6) is -1.99. The third-order valence-corrected chi connectivity index (χ3v) is 5.46. The SMILES string of the molecule is Cc1cc2c(cn1)-c1ccc(F)cc1[C@H](C)C(=O)N2CC(=O)Nc1ccc(C(F)F)cc1. The van der Waals surface area contributed by atoms with Gasteiger partial charge in [-0.05, 0) is 55.3 Å². The first kappa shape index (κ1) is 21.5. The molecule has 32 heavy (non-hydrogen) atoms. The molecule has 8 heteroatoms. The van der Waals surface area contributed by atoms with Crippen LogP contribution in [-0.4, -0.2) is 23.3 Å². The molecule has 4 rings (SSSR count). The standard InChI is InChI=1S/C24H20F3N3O2/c1-13-9-21-20(11-28-13)18-8-5-16(25)10-19(18)14(2)24(32)30(21)12-22(31)29-17-6-3-15(4-7-17)23(26)27/h3-11,14,23H,12H2,1-2H3,(H,29,31)/t14-/m0/s1. The Bertz CT molecular complexity index is 1200. The van der Waals surface area contributed by atoms with Crippen molar-refractivity contribution in [2.45, 2.75) is 26.2 Å². The lowest BCUT2D eigenvalue weighted by atomic mass is 9.93. The molecule has 2 heterocycles. The maximum absolute atomic E-state index is 13.9. The van der Waals surface area contributed by atoms with Gasteiger partial charge in [0.15, 0.2) is 0 Å². The smallest absolute Gasteiger partial charge is 0.263 e. The molecule has 0 fully saturated rings. The molecule has 2 aromatic carbocycles. The van der Waals surface area contributed by atoms with Gasteiger partial charge >= 0.3 is 0 Å². The van der Waals surface area contributed by atoms with Gasteiger partial charge in [0.25, 0.3) is 6.43 Å². The van der Waals surface area contributed by atoms with Gasteiger partial charge < -0.3 is 10.2 Å². The number of rotatable bonds is 4. The molecule has 0 aliphatic carbocycles. The average Bonchev–Trinajstić information content (AvgIpc) is 2.83. The van der Waals surface area contributed by atoms with E-state index in [2.05, 4.69) is 10.3 Å². The van der Waals surface area contributed by atoms with Gasteiger partial charge in [0.2, 0.25) is 11.8 Å². The lowest BCUT2D eigenvalue weighted by molar-refractivity contribution is -0.122. The summed E-state index contributed by atoms with van der Waals surface area (Å²) in [5, 5.41) is 2.63. The van der Waals surface area contributed by atoms with E-state index in [1.165, 1.54) is 41.3 Å². The number of halogens is 3. The monoisotopic (exact) mass is 439 g/mol. The maximum Gasteiger partial charge on any atom is 0.263 e. The van der Waals surface area contributed by atoms with Gasteiger partial charge in [-0.3, -0.25) is 14.6 Å². The normalized spacial score (nSPS) is 15.2. The Hall–Kier alpha value is -3.68. The van der Waals surface area contributed by atoms with E-state index >= 15 is 0 Å². The third-order valence-electron chi connectivity index (χ3n) is 5.46. The second kappa shape index (κ2) is 8.45. The number of alkyl halides is 2. The Morgan fingerprint density at radius 3 is 2.53 bits per heavy atom. The summed E-state index contributed by atoms with van der Waals surface area (Å²) in [7, 11) is 0. The predicted molar refractivity (Wildman–Crippen MR) is 115 cm³/mol. The van der Waals surface area contributed by atoms with Crippen LogP contribution in [0.5, 0.6) is 0 Å². The maximum atomic E-state index is 13.9. The molecule has 0 saturated heterocycles. The van der Waals surface area contributed by atoms with Gasteiger partial charge in [-0.1, -0.05) is 18.2 Å². The van der Waals surface area contributed by atoms with Gasteiger partial charge in [0.05, 0.1) is 11.6 Å². The van der Waals surface area contributed by atoms with Crippen molar-refractivity contribution >= 4 is 23.2 Å². The van der Waals surface area contributed by atoms with Crippen LogP contribution in [0.1, 0.15) is 36.1 Å². The molecule has 0 spiro atoms. The predicted octanol–water partition coefficient (Wildman–Crippen LogP) is 5.22. The lowest BCUT2D eigenvalue weighted by Gasteiger charge is -2.24. The molecule has 1 aromatic heterocycles. The molecule has 1 N–H and O–H groups in total. The van der Waals surface area contributed by atoms with Gasteiger partial charge in [-0.2, -0.15) is 0 Å². The molecular formula is C24H20F3N3O2. The number of amides is 2. The topological polar surface area (TPSA) is 62.3 Å². The third kappa shape index (κ3) is 4.08. The summed E-state index contributed by atoms with van der Waals surface area (Å²) in [6.45, 7) is 3.14. The number of carbonyl (C=O) groups excluding carboxylic acids is 2. The number of aryl methyl sites for hydroxylation is 1. The van der Waals surface area contributed by atoms with Crippen molar-refractivity contribution in [1.29, 1.82) is 0 Å². The number of hydrogen-bond donors (Lipinski definition) is 1. The molecule has 0 radical (unpaired) electrons. The summed E-state index contributed by atoms with van der Waals surface area (Å²) in [6, 6.07) is 11.2. The van der Waals surface area contributed by atoms with E-state index in [0.717, 1.165) is 0 Å². The molecule has 2 amide bonds. The number of anilines is 2. The Kier molecular flexibility index (Phi) is 5.69. The Labute approximate surface area is 182 Å². The highest BCUT2D eigenvalue weighted by Crippen LogP contribution is 2.41. The van der Waals surface area contributed by atoms with Crippen molar-refractivity contribution in [3.05, 3.63) is 77.4 Å². The summed E-state index contributed by atoms with van der Waals surface area (Å²) < 4.78 is 39.4. The van der Waals surface area contributed by atoms with Crippen molar-refractivity contribution in [2.24, 2.45) is 0 Å². The van der Waals surface area contributed by atoms with Crippen molar-refractivity contribution < 1.29 is 22.8 Å². The van der Waals surface area contributed by atoms with Crippen LogP contribution in [0, 0.1) is 12.7 Å². The van der Waals surface area contributed by atoms with Crippen LogP contribution in [-0.2, 0) is 9.59 Å². The Morgan fingerprint density at radius 1 is 1.12 bits per heavy atom. The molecule has 3 aromatic rings. The van der Waals surface area contributed by atoms with Crippen LogP contribution in [0.2, 0.25) is 0 Å². The van der Waals surface area contributed by atoms with E-state index < -0.39 is 24.1 Å². The summed E-state index contributed by atoms with van der Waals surface area (Å²) in [5.41, 5.74) is 3.17. The first-order chi connectivity index (χ1) is 15.2. The van der Waals surface area contributed by atoms with E-state index in [1.54, 1.807) is 32.2 Å². The molecule has 0 saturated carbocycles. The highest BCUT2D eigenvalue weighted by atomic mass is 19.3. The minimum absolute atomic E-state index is 0.151. The largest absolute Gasteiger partial charge is 0.325 e. The zero-order valence-corrected chi connectivity index (χ0v) is 17.4. The molecule has 1 aliphatic rings. The number of aromatic nitrogens is 1. The molecule has 164 valence electrons. The zero-order valence-electron chi connectivity index (χ0n) is 17.4. The van der Waals surface area contributed by atoms with Crippen LogP contribution in [0.15, 0.2) is 54.7 Å². The number of benzene rings is 2. The molecular weight excluding hydrogens is 419 g/mol. The fraction of sp³-hybridized carbons (Fsp3) is 0.208. The zero-order chi connectivity index (χ0) is 23.0. The minimum atomic E-state index is -2.60. The highest BCUT2D eigenvalue weighted by Gasteiger charge is 2.33. The van der Waals surface area contributed by atoms with Crippen LogP contribution >= 0.6 is 0 Å². The van der Waals surface area contributed by atoms with Gasteiger partial charge in [0.1, 0.15) is 12.4 Å². The van der Waals surface area contributed by atoms with Crippen LogP contribution in [0.3, 0.4) is 0 Å². The summed E-state index contributed by atoms with van der Waals surface area (Å²) in [4.78, 5) is 31.7. The lowest BCUT2D eigenvalue weighted by Crippen LogP contribution is -2.40. The van der Waals surface area contributed by atoms with Gasteiger partial charge in [-0.15, -0.1) is 0 Å². The number of fused-ring (bicyclic) bond motifs is 3. The van der Waals surface area contributed by atoms with E-state index in [-0.39, 0.29) is 18.0 Å². The van der Waals surface area contributed by atoms with Crippen LogP contribution in [0.25, 0.3) is 11.1 Å². The van der Waals surface area contributed by atoms with Gasteiger partial charge in [-0.25, -0.2) is 13.2 Å². The quantitative estimate of drug-likeness (QED) is 0.606. The van der Waals surface area contributed by atoms with Gasteiger partial charge in [0, 0.05) is 28.7 Å². The number of nitrogens with one attached hydrogen (secondary N) is 1. The summed E-state index contributed by atoms with van der Waals surface area (Å²) >= 11 is 0. The highest BCUT2D eigenvalue weighted by molar-refractivity contribution is 6.09. The summed E-state index contributed by atoms with van der Waals surface area (Å²) in [6.07, 6.45) is -0.989. The first-order valence-corrected chi connectivity index (χ1v) is 10.0. The number of pyridine rings is 1. The Morgan fingerprint density at radius 2 is 1.84 bits per heavy atom. The molecule has 1 atom stereocenters. The van der Waals surface area contributed by atoms with E-state index in [0.29, 0.717) is 33.8 Å². The van der Waals surface area contributed by atoms with Crippen molar-refractivity contribution in [1.82, 2.24) is 4.98 Å². The van der Waals surface area contributed by atoms with Crippen molar-refractivity contribution in [2.75, 3.05) is 16.8 Å². The van der Waals surface area contributed by atoms with Crippen LogP contribution in [0.4, 0.5) is 24.5 Å². The average molecular weight is 439 g/mol. The molecule has 5 nitrogen and oxygen atoms in total. The second-order valence-electron chi connectivity index (χ2n) is 7.69. The number of carbonyl (C=O) groups is 2. The fourth-order valence-electron chi connectivity index (χ4n) is 3.82. The Balaban J connectivity index is 1.67. The molecule has 0 bridgehead atoms. The number of hydrogen-bond acceptors (Lipinski definition) is 3.